The molecule has 0 bridgehead atoms. The first kappa shape index (κ1) is 14.0. The van der Waals surface area contributed by atoms with Gasteiger partial charge in [-0.25, -0.2) is 0 Å². The summed E-state index contributed by atoms with van der Waals surface area (Å²) in [6.45, 7) is 12.9. The summed E-state index contributed by atoms with van der Waals surface area (Å²) >= 11 is 0. The van der Waals surface area contributed by atoms with Crippen LogP contribution in [-0.2, 0) is 0 Å². The number of hydrogen-bond acceptors (Lipinski definition) is 2. The Balaban J connectivity index is 2.32. The lowest BCUT2D eigenvalue weighted by Crippen LogP contribution is -2.61. The van der Waals surface area contributed by atoms with Crippen molar-refractivity contribution in [3.05, 3.63) is 0 Å². The molecular weight excluding hydrogens is 196 g/mol. The lowest BCUT2D eigenvalue weighted by Gasteiger charge is -2.45. The number of unbranched alkanes of at least 4 members (excludes halogenated alkanes) is 3. The molecule has 2 heteroatoms. The van der Waals surface area contributed by atoms with Crippen LogP contribution in [0, 0.1) is 0 Å². The maximum absolute atomic E-state index is 3.68. The fourth-order valence-corrected chi connectivity index (χ4v) is 2.46. The minimum absolute atomic E-state index is 0.345. The second kappa shape index (κ2) is 6.61. The molecule has 1 aliphatic rings. The van der Waals surface area contributed by atoms with Crippen LogP contribution in [0.5, 0.6) is 0 Å². The van der Waals surface area contributed by atoms with Gasteiger partial charge in [-0.3, -0.25) is 4.90 Å². The van der Waals surface area contributed by atoms with Gasteiger partial charge in [0.25, 0.3) is 0 Å². The first-order valence-electron chi connectivity index (χ1n) is 7.10. The van der Waals surface area contributed by atoms with Gasteiger partial charge in [-0.15, -0.1) is 0 Å². The molecule has 1 saturated heterocycles. The zero-order valence-electron chi connectivity index (χ0n) is 11.7. The van der Waals surface area contributed by atoms with E-state index in [1.807, 2.05) is 0 Å². The van der Waals surface area contributed by atoms with Crippen LogP contribution in [0.25, 0.3) is 0 Å². The summed E-state index contributed by atoms with van der Waals surface area (Å²) < 4.78 is 0. The topological polar surface area (TPSA) is 15.3 Å². The largest absolute Gasteiger partial charge is 0.309 e. The SMILES string of the molecule is CCCCCCN1CC(C)(CC)NCC1C. The second-order valence-corrected chi connectivity index (χ2v) is 5.68. The van der Waals surface area contributed by atoms with Crippen molar-refractivity contribution in [1.82, 2.24) is 10.2 Å². The number of nitrogens with zero attached hydrogens (tertiary/aromatic N) is 1. The first-order valence-corrected chi connectivity index (χ1v) is 7.10. The average Bonchev–Trinajstić information content (AvgIpc) is 2.29. The highest BCUT2D eigenvalue weighted by atomic mass is 15.2. The van der Waals surface area contributed by atoms with Crippen molar-refractivity contribution in [3.63, 3.8) is 0 Å². The van der Waals surface area contributed by atoms with Gasteiger partial charge >= 0.3 is 0 Å². The summed E-state index contributed by atoms with van der Waals surface area (Å²) in [7, 11) is 0. The molecule has 1 heterocycles. The molecule has 0 spiro atoms. The average molecular weight is 226 g/mol. The maximum Gasteiger partial charge on any atom is 0.0278 e. The maximum atomic E-state index is 3.68. The van der Waals surface area contributed by atoms with E-state index in [1.165, 1.54) is 45.2 Å². The van der Waals surface area contributed by atoms with E-state index in [2.05, 4.69) is 37.9 Å². The number of rotatable bonds is 6. The van der Waals surface area contributed by atoms with Crippen molar-refractivity contribution < 1.29 is 0 Å². The molecule has 0 saturated carbocycles. The summed E-state index contributed by atoms with van der Waals surface area (Å²) in [5, 5.41) is 3.68. The van der Waals surface area contributed by atoms with E-state index in [9.17, 15) is 0 Å². The van der Waals surface area contributed by atoms with E-state index < -0.39 is 0 Å². The van der Waals surface area contributed by atoms with E-state index in [-0.39, 0.29) is 0 Å². The Morgan fingerprint density at radius 1 is 1.25 bits per heavy atom. The van der Waals surface area contributed by atoms with Gasteiger partial charge in [0.1, 0.15) is 0 Å². The molecule has 0 aromatic rings. The van der Waals surface area contributed by atoms with Gasteiger partial charge < -0.3 is 5.32 Å². The third kappa shape index (κ3) is 4.06. The molecule has 0 aliphatic carbocycles. The molecule has 0 radical (unpaired) electrons. The van der Waals surface area contributed by atoms with Gasteiger partial charge in [-0.05, 0) is 33.2 Å². The zero-order chi connectivity index (χ0) is 12.0. The van der Waals surface area contributed by atoms with Gasteiger partial charge in [0.2, 0.25) is 0 Å². The summed E-state index contributed by atoms with van der Waals surface area (Å²) in [5.74, 6) is 0. The Kier molecular flexibility index (Phi) is 5.77. The van der Waals surface area contributed by atoms with Crippen LogP contribution in [0.3, 0.4) is 0 Å². The second-order valence-electron chi connectivity index (χ2n) is 5.68. The predicted octanol–water partition coefficient (Wildman–Crippen LogP) is 3.03. The van der Waals surface area contributed by atoms with Crippen LogP contribution >= 0.6 is 0 Å². The van der Waals surface area contributed by atoms with Crippen molar-refractivity contribution >= 4 is 0 Å². The Morgan fingerprint density at radius 2 is 2.00 bits per heavy atom. The molecule has 2 nitrogen and oxygen atoms in total. The molecule has 96 valence electrons. The monoisotopic (exact) mass is 226 g/mol. The molecule has 1 aliphatic heterocycles. The molecule has 1 fully saturated rings. The highest BCUT2D eigenvalue weighted by Gasteiger charge is 2.31. The van der Waals surface area contributed by atoms with E-state index >= 15 is 0 Å². The number of nitrogens with one attached hydrogen (secondary N) is 1. The van der Waals surface area contributed by atoms with Crippen LogP contribution in [0.1, 0.15) is 59.8 Å². The standard InChI is InChI=1S/C14H30N2/c1-5-7-8-9-10-16-12-14(4,6-2)15-11-13(16)3/h13,15H,5-12H2,1-4H3. The van der Waals surface area contributed by atoms with Gasteiger partial charge in [0.05, 0.1) is 0 Å². The molecule has 1 rings (SSSR count). The van der Waals surface area contributed by atoms with Crippen molar-refractivity contribution in [2.45, 2.75) is 71.4 Å². The Bertz CT molecular complexity index is 193. The lowest BCUT2D eigenvalue weighted by atomic mass is 9.93. The van der Waals surface area contributed by atoms with Crippen LogP contribution in [0.15, 0.2) is 0 Å². The highest BCUT2D eigenvalue weighted by molar-refractivity contribution is 4.92. The summed E-state index contributed by atoms with van der Waals surface area (Å²) in [6, 6.07) is 0.709. The third-order valence-corrected chi connectivity index (χ3v) is 4.08. The molecule has 2 atom stereocenters. The quantitative estimate of drug-likeness (QED) is 0.700. The smallest absolute Gasteiger partial charge is 0.0278 e. The van der Waals surface area contributed by atoms with Gasteiger partial charge in [-0.2, -0.15) is 0 Å². The van der Waals surface area contributed by atoms with E-state index in [1.54, 1.807) is 0 Å². The van der Waals surface area contributed by atoms with Crippen molar-refractivity contribution in [3.8, 4) is 0 Å². The third-order valence-electron chi connectivity index (χ3n) is 4.08. The lowest BCUT2D eigenvalue weighted by molar-refractivity contribution is 0.0914. The van der Waals surface area contributed by atoms with Crippen LogP contribution in [0.4, 0.5) is 0 Å². The number of hydrogen-bond donors (Lipinski definition) is 1. The number of piperazine rings is 1. The highest BCUT2D eigenvalue weighted by Crippen LogP contribution is 2.19. The van der Waals surface area contributed by atoms with E-state index in [0.717, 1.165) is 6.54 Å². The Hall–Kier alpha value is -0.0800. The minimum Gasteiger partial charge on any atom is -0.309 e. The summed E-state index contributed by atoms with van der Waals surface area (Å²) in [6.07, 6.45) is 6.73. The van der Waals surface area contributed by atoms with Crippen LogP contribution in [-0.4, -0.2) is 36.1 Å². The molecule has 16 heavy (non-hydrogen) atoms. The molecule has 2 unspecified atom stereocenters. The summed E-state index contributed by atoms with van der Waals surface area (Å²) in [4.78, 5) is 2.68. The van der Waals surface area contributed by atoms with Gasteiger partial charge in [-0.1, -0.05) is 33.1 Å². The van der Waals surface area contributed by atoms with Crippen LogP contribution in [0.2, 0.25) is 0 Å². The first-order chi connectivity index (χ1) is 7.61. The van der Waals surface area contributed by atoms with Crippen molar-refractivity contribution in [2.75, 3.05) is 19.6 Å². The van der Waals surface area contributed by atoms with Crippen LogP contribution < -0.4 is 5.32 Å². The fraction of sp³-hybridized carbons (Fsp3) is 1.00. The van der Waals surface area contributed by atoms with Gasteiger partial charge in [0.15, 0.2) is 0 Å². The molecule has 0 amide bonds. The molecule has 1 N–H and O–H groups in total. The van der Waals surface area contributed by atoms with Crippen molar-refractivity contribution in [1.29, 1.82) is 0 Å². The van der Waals surface area contributed by atoms with E-state index in [4.69, 9.17) is 0 Å². The predicted molar refractivity (Wildman–Crippen MR) is 71.9 cm³/mol. The molecule has 0 aromatic carbocycles. The molecular formula is C14H30N2. The summed E-state index contributed by atoms with van der Waals surface area (Å²) in [5.41, 5.74) is 0.345. The fourth-order valence-electron chi connectivity index (χ4n) is 2.46. The van der Waals surface area contributed by atoms with Gasteiger partial charge in [0, 0.05) is 24.7 Å². The zero-order valence-corrected chi connectivity index (χ0v) is 11.7. The minimum atomic E-state index is 0.345. The van der Waals surface area contributed by atoms with E-state index in [0.29, 0.717) is 11.6 Å². The molecule has 0 aromatic heterocycles. The Morgan fingerprint density at radius 3 is 2.62 bits per heavy atom. The normalized spacial score (nSPS) is 31.9. The van der Waals surface area contributed by atoms with Crippen molar-refractivity contribution in [2.24, 2.45) is 0 Å². The Labute approximate surface area is 102 Å².